The van der Waals surface area contributed by atoms with E-state index in [1.54, 1.807) is 18.9 Å². The summed E-state index contributed by atoms with van der Waals surface area (Å²) >= 11 is 0. The van der Waals surface area contributed by atoms with Crippen LogP contribution in [-0.4, -0.2) is 68.0 Å². The lowest BCUT2D eigenvalue weighted by atomic mass is 9.87. The van der Waals surface area contributed by atoms with Crippen LogP contribution in [0.1, 0.15) is 24.0 Å². The Bertz CT molecular complexity index is 953. The number of amides is 2. The zero-order valence-corrected chi connectivity index (χ0v) is 18.6. The maximum Gasteiger partial charge on any atom is 0.228 e. The van der Waals surface area contributed by atoms with Crippen LogP contribution in [-0.2, 0) is 9.59 Å². The molecule has 2 heterocycles. The van der Waals surface area contributed by atoms with Crippen LogP contribution in [0.4, 0.5) is 5.69 Å². The third-order valence-corrected chi connectivity index (χ3v) is 6.65. The number of nitrogens with zero attached hydrogens (tertiary/aromatic N) is 3. The predicted octanol–water partition coefficient (Wildman–Crippen LogP) is 2.91. The summed E-state index contributed by atoms with van der Waals surface area (Å²) in [6, 6.07) is 16.3. The largest absolute Gasteiger partial charge is 0.497 e. The summed E-state index contributed by atoms with van der Waals surface area (Å²) in [7, 11) is 1.65. The van der Waals surface area contributed by atoms with Gasteiger partial charge in [-0.25, -0.2) is 0 Å². The van der Waals surface area contributed by atoms with E-state index >= 15 is 0 Å². The number of piperazine rings is 1. The Kier molecular flexibility index (Phi) is 6.16. The number of carbonyl (C=O) groups excluding carboxylic acids is 2. The number of aryl methyl sites for hydroxylation is 1. The van der Waals surface area contributed by atoms with Gasteiger partial charge in [0.25, 0.3) is 0 Å². The molecule has 2 aliphatic rings. The van der Waals surface area contributed by atoms with Gasteiger partial charge in [0.1, 0.15) is 5.75 Å². The Morgan fingerprint density at radius 1 is 0.935 bits per heavy atom. The lowest BCUT2D eigenvalue weighted by Gasteiger charge is -2.38. The summed E-state index contributed by atoms with van der Waals surface area (Å²) in [5, 5.41) is 0. The van der Waals surface area contributed by atoms with Gasteiger partial charge in [-0.1, -0.05) is 30.3 Å². The molecule has 0 N–H and O–H groups in total. The minimum Gasteiger partial charge on any atom is -0.497 e. The van der Waals surface area contributed by atoms with Gasteiger partial charge in [0.05, 0.1) is 13.0 Å². The fourth-order valence-corrected chi connectivity index (χ4v) is 4.84. The fourth-order valence-electron chi connectivity index (χ4n) is 4.84. The summed E-state index contributed by atoms with van der Waals surface area (Å²) in [6.45, 7) is 7.81. The number of methoxy groups -OCH3 is 1. The van der Waals surface area contributed by atoms with Crippen molar-refractivity contribution in [3.63, 3.8) is 0 Å². The zero-order valence-electron chi connectivity index (χ0n) is 18.6. The van der Waals surface area contributed by atoms with E-state index in [1.165, 1.54) is 11.3 Å². The first-order valence-corrected chi connectivity index (χ1v) is 11.0. The third-order valence-electron chi connectivity index (χ3n) is 6.65. The van der Waals surface area contributed by atoms with Gasteiger partial charge in [-0.2, -0.15) is 0 Å². The maximum atomic E-state index is 13.6. The summed E-state index contributed by atoms with van der Waals surface area (Å²) in [6.07, 6.45) is 0. The Morgan fingerprint density at radius 3 is 2.35 bits per heavy atom. The van der Waals surface area contributed by atoms with Crippen molar-refractivity contribution >= 4 is 17.5 Å². The Morgan fingerprint density at radius 2 is 1.68 bits per heavy atom. The number of anilines is 1. The number of para-hydroxylation sites is 1. The standard InChI is InChI=1S/C25H31N3O3/c1-18-7-4-5-10-24(18)26-11-13-27(14-12-26)25(30)23-17-28(19(2)29)16-22(23)20-8-6-9-21(15-20)31-3/h4-10,15,22-23H,11-14,16-17H2,1-3H3/t22-,23-/m1/s1. The second-order valence-electron chi connectivity index (χ2n) is 8.51. The van der Waals surface area contributed by atoms with Crippen molar-refractivity contribution in [3.05, 3.63) is 59.7 Å². The van der Waals surface area contributed by atoms with Crippen LogP contribution in [0.5, 0.6) is 5.75 Å². The van der Waals surface area contributed by atoms with E-state index in [4.69, 9.17) is 4.74 Å². The topological polar surface area (TPSA) is 53.1 Å². The number of likely N-dealkylation sites (tertiary alicyclic amines) is 1. The van der Waals surface area contributed by atoms with Crippen molar-refractivity contribution in [3.8, 4) is 5.75 Å². The normalized spacial score (nSPS) is 21.3. The average Bonchev–Trinajstić information content (AvgIpc) is 3.25. The highest BCUT2D eigenvalue weighted by molar-refractivity contribution is 5.83. The van der Waals surface area contributed by atoms with E-state index in [-0.39, 0.29) is 23.7 Å². The van der Waals surface area contributed by atoms with E-state index in [1.807, 2.05) is 29.2 Å². The van der Waals surface area contributed by atoms with Crippen molar-refractivity contribution in [1.82, 2.24) is 9.80 Å². The van der Waals surface area contributed by atoms with E-state index in [9.17, 15) is 9.59 Å². The molecule has 0 bridgehead atoms. The molecule has 0 spiro atoms. The first-order chi connectivity index (χ1) is 15.0. The molecule has 0 saturated carbocycles. The molecule has 0 radical (unpaired) electrons. The lowest BCUT2D eigenvalue weighted by Crippen LogP contribution is -2.51. The van der Waals surface area contributed by atoms with Crippen molar-refractivity contribution in [2.75, 3.05) is 51.3 Å². The maximum absolute atomic E-state index is 13.6. The van der Waals surface area contributed by atoms with Crippen molar-refractivity contribution < 1.29 is 14.3 Å². The van der Waals surface area contributed by atoms with Crippen molar-refractivity contribution in [2.24, 2.45) is 5.92 Å². The Balaban J connectivity index is 1.49. The number of carbonyl (C=O) groups is 2. The van der Waals surface area contributed by atoms with Crippen molar-refractivity contribution in [1.29, 1.82) is 0 Å². The molecule has 164 valence electrons. The molecule has 0 aliphatic carbocycles. The fraction of sp³-hybridized carbons (Fsp3) is 0.440. The molecule has 31 heavy (non-hydrogen) atoms. The molecule has 6 heteroatoms. The van der Waals surface area contributed by atoms with E-state index in [0.29, 0.717) is 26.2 Å². The van der Waals surface area contributed by atoms with Crippen LogP contribution in [0, 0.1) is 12.8 Å². The molecule has 0 aromatic heterocycles. The lowest BCUT2D eigenvalue weighted by molar-refractivity contribution is -0.136. The molecule has 2 aromatic carbocycles. The molecule has 6 nitrogen and oxygen atoms in total. The van der Waals surface area contributed by atoms with Gasteiger partial charge in [-0.05, 0) is 36.2 Å². The molecule has 2 amide bonds. The minimum atomic E-state index is -0.221. The molecule has 2 atom stereocenters. The SMILES string of the molecule is COc1cccc([C@H]2CN(C(C)=O)C[C@H]2C(=O)N2CCN(c3ccccc3C)CC2)c1. The molecule has 0 unspecified atom stereocenters. The van der Waals surface area contributed by atoms with Crippen molar-refractivity contribution in [2.45, 2.75) is 19.8 Å². The van der Waals surface area contributed by atoms with Gasteiger partial charge in [0.15, 0.2) is 0 Å². The molecule has 2 saturated heterocycles. The molecular formula is C25H31N3O3. The van der Waals surface area contributed by atoms with Gasteiger partial charge >= 0.3 is 0 Å². The van der Waals surface area contributed by atoms with Gasteiger partial charge in [-0.15, -0.1) is 0 Å². The Labute approximate surface area is 184 Å². The molecule has 2 aromatic rings. The zero-order chi connectivity index (χ0) is 22.0. The van der Waals surface area contributed by atoms with Crippen LogP contribution in [0.2, 0.25) is 0 Å². The second-order valence-corrected chi connectivity index (χ2v) is 8.51. The van der Waals surface area contributed by atoms with Crippen LogP contribution < -0.4 is 9.64 Å². The number of ether oxygens (including phenoxy) is 1. The minimum absolute atomic E-state index is 0.0131. The summed E-state index contributed by atoms with van der Waals surface area (Å²) in [5.74, 6) is 0.715. The number of hydrogen-bond acceptors (Lipinski definition) is 4. The monoisotopic (exact) mass is 421 g/mol. The average molecular weight is 422 g/mol. The van der Waals surface area contributed by atoms with Gasteiger partial charge in [-0.3, -0.25) is 9.59 Å². The van der Waals surface area contributed by atoms with Crippen LogP contribution >= 0.6 is 0 Å². The van der Waals surface area contributed by atoms with Gasteiger partial charge < -0.3 is 19.4 Å². The summed E-state index contributed by atoms with van der Waals surface area (Å²) in [4.78, 5) is 31.8. The molecule has 2 fully saturated rings. The number of benzene rings is 2. The smallest absolute Gasteiger partial charge is 0.228 e. The second kappa shape index (κ2) is 9.00. The Hall–Kier alpha value is -3.02. The van der Waals surface area contributed by atoms with E-state index in [0.717, 1.165) is 24.4 Å². The van der Waals surface area contributed by atoms with Crippen LogP contribution in [0.3, 0.4) is 0 Å². The first kappa shape index (κ1) is 21.2. The summed E-state index contributed by atoms with van der Waals surface area (Å²) < 4.78 is 5.38. The number of hydrogen-bond donors (Lipinski definition) is 0. The van der Waals surface area contributed by atoms with Gasteiger partial charge in [0.2, 0.25) is 11.8 Å². The quantitative estimate of drug-likeness (QED) is 0.762. The predicted molar refractivity (Wildman–Crippen MR) is 121 cm³/mol. The number of rotatable bonds is 4. The highest BCUT2D eigenvalue weighted by atomic mass is 16.5. The molecule has 4 rings (SSSR count). The van der Waals surface area contributed by atoms with E-state index in [2.05, 4.69) is 36.1 Å². The third kappa shape index (κ3) is 4.38. The van der Waals surface area contributed by atoms with Gasteiger partial charge in [0, 0.05) is 57.8 Å². The summed E-state index contributed by atoms with van der Waals surface area (Å²) in [5.41, 5.74) is 3.56. The molecule has 2 aliphatic heterocycles. The highest BCUT2D eigenvalue weighted by Gasteiger charge is 2.41. The highest BCUT2D eigenvalue weighted by Crippen LogP contribution is 2.36. The molecular weight excluding hydrogens is 390 g/mol. The van der Waals surface area contributed by atoms with Crippen LogP contribution in [0.25, 0.3) is 0 Å². The first-order valence-electron chi connectivity index (χ1n) is 11.0. The van der Waals surface area contributed by atoms with E-state index < -0.39 is 0 Å². The van der Waals surface area contributed by atoms with Crippen LogP contribution in [0.15, 0.2) is 48.5 Å².